The summed E-state index contributed by atoms with van der Waals surface area (Å²) in [6.07, 6.45) is 0. The SMILES string of the molecule is O=S(=O)(Nc1ccccc1)c1ccc(-c2n[nH]c3cc(F)ccc23)cc1. The molecule has 130 valence electrons. The van der Waals surface area contributed by atoms with Crippen LogP contribution in [0.2, 0.25) is 0 Å². The molecule has 0 amide bonds. The molecular formula is C19H14FN3O2S. The van der Waals surface area contributed by atoms with Crippen molar-refractivity contribution in [3.05, 3.63) is 78.6 Å². The van der Waals surface area contributed by atoms with Crippen molar-refractivity contribution in [2.24, 2.45) is 0 Å². The Labute approximate surface area is 149 Å². The van der Waals surface area contributed by atoms with E-state index in [1.54, 1.807) is 42.5 Å². The zero-order valence-corrected chi connectivity index (χ0v) is 14.3. The normalized spacial score (nSPS) is 11.6. The molecule has 0 saturated carbocycles. The highest BCUT2D eigenvalue weighted by Gasteiger charge is 2.15. The first kappa shape index (κ1) is 16.3. The van der Waals surface area contributed by atoms with Gasteiger partial charge in [-0.05, 0) is 42.5 Å². The number of halogens is 1. The molecule has 0 radical (unpaired) electrons. The predicted molar refractivity (Wildman–Crippen MR) is 98.7 cm³/mol. The minimum Gasteiger partial charge on any atom is -0.280 e. The molecule has 3 aromatic carbocycles. The van der Waals surface area contributed by atoms with Crippen LogP contribution in [-0.2, 0) is 10.0 Å². The first-order chi connectivity index (χ1) is 12.5. The van der Waals surface area contributed by atoms with Gasteiger partial charge in [-0.25, -0.2) is 12.8 Å². The van der Waals surface area contributed by atoms with Crippen molar-refractivity contribution in [3.63, 3.8) is 0 Å². The van der Waals surface area contributed by atoms with Crippen molar-refractivity contribution >= 4 is 26.6 Å². The van der Waals surface area contributed by atoms with Crippen LogP contribution < -0.4 is 4.72 Å². The molecule has 0 bridgehead atoms. The van der Waals surface area contributed by atoms with Gasteiger partial charge in [0.1, 0.15) is 5.82 Å². The van der Waals surface area contributed by atoms with Crippen LogP contribution in [-0.4, -0.2) is 18.6 Å². The van der Waals surface area contributed by atoms with E-state index in [4.69, 9.17) is 0 Å². The number of H-pyrrole nitrogens is 1. The van der Waals surface area contributed by atoms with Crippen molar-refractivity contribution in [2.75, 3.05) is 4.72 Å². The van der Waals surface area contributed by atoms with Gasteiger partial charge >= 0.3 is 0 Å². The number of para-hydroxylation sites is 1. The van der Waals surface area contributed by atoms with E-state index in [2.05, 4.69) is 14.9 Å². The topological polar surface area (TPSA) is 74.8 Å². The first-order valence-electron chi connectivity index (χ1n) is 7.85. The molecule has 7 heteroatoms. The average molecular weight is 367 g/mol. The van der Waals surface area contributed by atoms with Crippen molar-refractivity contribution < 1.29 is 12.8 Å². The molecule has 0 aliphatic rings. The summed E-state index contributed by atoms with van der Waals surface area (Å²) in [6, 6.07) is 19.5. The first-order valence-corrected chi connectivity index (χ1v) is 9.33. The molecule has 0 saturated heterocycles. The van der Waals surface area contributed by atoms with Crippen LogP contribution in [0.1, 0.15) is 0 Å². The van der Waals surface area contributed by atoms with Crippen molar-refractivity contribution in [3.8, 4) is 11.3 Å². The highest BCUT2D eigenvalue weighted by molar-refractivity contribution is 7.92. The number of aromatic nitrogens is 2. The lowest BCUT2D eigenvalue weighted by molar-refractivity contribution is 0.601. The van der Waals surface area contributed by atoms with E-state index < -0.39 is 10.0 Å². The fraction of sp³-hybridized carbons (Fsp3) is 0. The fourth-order valence-electron chi connectivity index (χ4n) is 2.72. The van der Waals surface area contributed by atoms with Gasteiger partial charge in [0, 0.05) is 16.6 Å². The molecule has 5 nitrogen and oxygen atoms in total. The number of benzene rings is 3. The number of nitrogens with zero attached hydrogens (tertiary/aromatic N) is 1. The summed E-state index contributed by atoms with van der Waals surface area (Å²) in [5.41, 5.74) is 2.46. The van der Waals surface area contributed by atoms with Crippen LogP contribution in [0, 0.1) is 5.82 Å². The van der Waals surface area contributed by atoms with Gasteiger partial charge in [-0.1, -0.05) is 30.3 Å². The lowest BCUT2D eigenvalue weighted by Gasteiger charge is -2.08. The van der Waals surface area contributed by atoms with Gasteiger partial charge in [-0.3, -0.25) is 9.82 Å². The number of hydrogen-bond acceptors (Lipinski definition) is 3. The van der Waals surface area contributed by atoms with E-state index in [-0.39, 0.29) is 10.7 Å². The molecule has 1 heterocycles. The largest absolute Gasteiger partial charge is 0.280 e. The van der Waals surface area contributed by atoms with E-state index in [0.717, 1.165) is 10.9 Å². The van der Waals surface area contributed by atoms with Gasteiger partial charge in [-0.2, -0.15) is 5.10 Å². The smallest absolute Gasteiger partial charge is 0.261 e. The van der Waals surface area contributed by atoms with Crippen LogP contribution >= 0.6 is 0 Å². The number of fused-ring (bicyclic) bond motifs is 1. The van der Waals surface area contributed by atoms with E-state index in [9.17, 15) is 12.8 Å². The molecule has 0 atom stereocenters. The van der Waals surface area contributed by atoms with Gasteiger partial charge in [0.05, 0.1) is 16.1 Å². The van der Waals surface area contributed by atoms with Gasteiger partial charge in [0.15, 0.2) is 0 Å². The van der Waals surface area contributed by atoms with Crippen LogP contribution in [0.4, 0.5) is 10.1 Å². The fourth-order valence-corrected chi connectivity index (χ4v) is 3.78. The summed E-state index contributed by atoms with van der Waals surface area (Å²) in [5.74, 6) is -0.346. The minimum atomic E-state index is -3.67. The molecule has 4 rings (SSSR count). The van der Waals surface area contributed by atoms with Gasteiger partial charge in [0.2, 0.25) is 0 Å². The highest BCUT2D eigenvalue weighted by Crippen LogP contribution is 2.28. The van der Waals surface area contributed by atoms with Crippen molar-refractivity contribution in [1.29, 1.82) is 0 Å². The second-order valence-electron chi connectivity index (χ2n) is 5.76. The predicted octanol–water partition coefficient (Wildman–Crippen LogP) is 4.17. The average Bonchev–Trinajstić information content (AvgIpc) is 3.05. The Morgan fingerprint density at radius 3 is 2.38 bits per heavy atom. The van der Waals surface area contributed by atoms with Gasteiger partial charge < -0.3 is 0 Å². The Balaban J connectivity index is 1.66. The lowest BCUT2D eigenvalue weighted by atomic mass is 10.1. The zero-order valence-electron chi connectivity index (χ0n) is 13.5. The summed E-state index contributed by atoms with van der Waals surface area (Å²) >= 11 is 0. The third-order valence-electron chi connectivity index (χ3n) is 3.99. The second-order valence-corrected chi connectivity index (χ2v) is 7.44. The Kier molecular flexibility index (Phi) is 3.93. The third kappa shape index (κ3) is 3.04. The molecule has 0 unspecified atom stereocenters. The Morgan fingerprint density at radius 1 is 0.923 bits per heavy atom. The van der Waals surface area contributed by atoms with E-state index in [0.29, 0.717) is 16.9 Å². The summed E-state index contributed by atoms with van der Waals surface area (Å²) < 4.78 is 40.8. The monoisotopic (exact) mass is 367 g/mol. The van der Waals surface area contributed by atoms with Crippen LogP contribution in [0.25, 0.3) is 22.2 Å². The van der Waals surface area contributed by atoms with Crippen molar-refractivity contribution in [1.82, 2.24) is 10.2 Å². The van der Waals surface area contributed by atoms with Crippen LogP contribution in [0.5, 0.6) is 0 Å². The number of nitrogens with one attached hydrogen (secondary N) is 2. The molecule has 4 aromatic rings. The lowest BCUT2D eigenvalue weighted by Crippen LogP contribution is -2.12. The number of hydrogen-bond donors (Lipinski definition) is 2. The third-order valence-corrected chi connectivity index (χ3v) is 5.39. The van der Waals surface area contributed by atoms with Crippen LogP contribution in [0.15, 0.2) is 77.7 Å². The standard InChI is InChI=1S/C19H14FN3O2S/c20-14-8-11-17-18(12-14)21-22-19(17)13-6-9-16(10-7-13)26(24,25)23-15-4-2-1-3-5-15/h1-12,23H,(H,21,22). The maximum absolute atomic E-state index is 13.3. The number of rotatable bonds is 4. The molecule has 26 heavy (non-hydrogen) atoms. The van der Waals surface area contributed by atoms with E-state index in [1.165, 1.54) is 24.3 Å². The summed E-state index contributed by atoms with van der Waals surface area (Å²) in [6.45, 7) is 0. The highest BCUT2D eigenvalue weighted by atomic mass is 32.2. The number of anilines is 1. The Bertz CT molecular complexity index is 1170. The molecule has 2 N–H and O–H groups in total. The Morgan fingerprint density at radius 2 is 1.65 bits per heavy atom. The molecule has 0 aliphatic carbocycles. The van der Waals surface area contributed by atoms with E-state index >= 15 is 0 Å². The van der Waals surface area contributed by atoms with Gasteiger partial charge in [0.25, 0.3) is 10.0 Å². The minimum absolute atomic E-state index is 0.149. The molecule has 0 fully saturated rings. The summed E-state index contributed by atoms with van der Waals surface area (Å²) in [5, 5.41) is 7.76. The Hall–Kier alpha value is -3.19. The molecule has 0 aliphatic heterocycles. The number of sulfonamides is 1. The maximum Gasteiger partial charge on any atom is 0.261 e. The quantitative estimate of drug-likeness (QED) is 0.568. The molecular weight excluding hydrogens is 353 g/mol. The van der Waals surface area contributed by atoms with Crippen molar-refractivity contribution in [2.45, 2.75) is 4.90 Å². The molecule has 0 spiro atoms. The van der Waals surface area contributed by atoms with Crippen LogP contribution in [0.3, 0.4) is 0 Å². The molecule has 1 aromatic heterocycles. The number of aromatic amines is 1. The summed E-state index contributed by atoms with van der Waals surface area (Å²) in [7, 11) is -3.67. The summed E-state index contributed by atoms with van der Waals surface area (Å²) in [4.78, 5) is 0.149. The maximum atomic E-state index is 13.3. The van der Waals surface area contributed by atoms with E-state index in [1.807, 2.05) is 6.07 Å². The zero-order chi connectivity index (χ0) is 18.1. The second kappa shape index (κ2) is 6.27. The van der Waals surface area contributed by atoms with Gasteiger partial charge in [-0.15, -0.1) is 0 Å².